The van der Waals surface area contributed by atoms with Gasteiger partial charge in [0.05, 0.1) is 12.2 Å². The summed E-state index contributed by atoms with van der Waals surface area (Å²) >= 11 is 0. The van der Waals surface area contributed by atoms with Crippen LogP contribution in [0, 0.1) is 6.92 Å². The number of hydrogen-bond donors (Lipinski definition) is 3. The third kappa shape index (κ3) is 7.43. The van der Waals surface area contributed by atoms with Crippen LogP contribution in [0.4, 0.5) is 5.69 Å². The van der Waals surface area contributed by atoms with Gasteiger partial charge in [0.25, 0.3) is 17.7 Å². The number of rotatable bonds is 10. The number of hydrogen-bond acceptors (Lipinski definition) is 4. The fourth-order valence-corrected chi connectivity index (χ4v) is 3.48. The second-order valence-electron chi connectivity index (χ2n) is 8.16. The molecule has 0 aliphatic carbocycles. The molecule has 7 heteroatoms. The molecule has 3 N–H and O–H groups in total. The molecule has 3 amide bonds. The van der Waals surface area contributed by atoms with Gasteiger partial charge in [0, 0.05) is 16.8 Å². The Labute approximate surface area is 205 Å². The molecule has 7 nitrogen and oxygen atoms in total. The maximum Gasteiger partial charge on any atom is 0.273 e. The fourth-order valence-electron chi connectivity index (χ4n) is 3.48. The number of anilines is 1. The van der Waals surface area contributed by atoms with Gasteiger partial charge in [0.2, 0.25) is 0 Å². The minimum absolute atomic E-state index is 0.223. The zero-order valence-corrected chi connectivity index (χ0v) is 20.1. The van der Waals surface area contributed by atoms with Gasteiger partial charge in [-0.05, 0) is 61.4 Å². The number of ether oxygens (including phenoxy) is 1. The van der Waals surface area contributed by atoms with E-state index in [2.05, 4.69) is 23.1 Å². The average molecular weight is 474 g/mol. The summed E-state index contributed by atoms with van der Waals surface area (Å²) in [5.74, 6) is -0.693. The first-order chi connectivity index (χ1) is 17.0. The molecule has 3 aromatic carbocycles. The molecule has 0 saturated heterocycles. The molecule has 0 saturated carbocycles. The van der Waals surface area contributed by atoms with E-state index in [1.807, 2.05) is 25.1 Å². The summed E-state index contributed by atoms with van der Waals surface area (Å²) in [5, 5.41) is 2.82. The SMILES string of the molecule is CCCCCCOc1ccccc1C(=O)NNC(=O)c1ccc(NC(=O)c2ccccc2C)cc1. The summed E-state index contributed by atoms with van der Waals surface area (Å²) in [6, 6.07) is 20.6. The zero-order valence-electron chi connectivity index (χ0n) is 20.1. The largest absolute Gasteiger partial charge is 0.493 e. The van der Waals surface area contributed by atoms with E-state index in [4.69, 9.17) is 4.74 Å². The Morgan fingerprint density at radius 1 is 0.714 bits per heavy atom. The van der Waals surface area contributed by atoms with Crippen LogP contribution < -0.4 is 20.9 Å². The highest BCUT2D eigenvalue weighted by molar-refractivity contribution is 6.05. The van der Waals surface area contributed by atoms with E-state index in [1.165, 1.54) is 0 Å². The minimum Gasteiger partial charge on any atom is -0.493 e. The van der Waals surface area contributed by atoms with Gasteiger partial charge in [-0.15, -0.1) is 0 Å². The van der Waals surface area contributed by atoms with Gasteiger partial charge in [-0.2, -0.15) is 0 Å². The number of nitrogens with one attached hydrogen (secondary N) is 3. The van der Waals surface area contributed by atoms with Crippen LogP contribution in [-0.4, -0.2) is 24.3 Å². The molecule has 0 aromatic heterocycles. The second kappa shape index (κ2) is 12.9. The molecular formula is C28H31N3O4. The molecule has 0 radical (unpaired) electrons. The average Bonchev–Trinajstić information content (AvgIpc) is 2.88. The number of unbranched alkanes of at least 4 members (excludes halogenated alkanes) is 3. The van der Waals surface area contributed by atoms with E-state index >= 15 is 0 Å². The molecule has 182 valence electrons. The van der Waals surface area contributed by atoms with E-state index in [0.29, 0.717) is 34.7 Å². The lowest BCUT2D eigenvalue weighted by molar-refractivity contribution is 0.0844. The first kappa shape index (κ1) is 25.5. The number of carbonyl (C=O) groups is 3. The van der Waals surface area contributed by atoms with E-state index in [0.717, 1.165) is 31.2 Å². The van der Waals surface area contributed by atoms with Gasteiger partial charge in [-0.25, -0.2) is 0 Å². The predicted octanol–water partition coefficient (Wildman–Crippen LogP) is 5.28. The Morgan fingerprint density at radius 3 is 2.09 bits per heavy atom. The molecule has 35 heavy (non-hydrogen) atoms. The highest BCUT2D eigenvalue weighted by Gasteiger charge is 2.14. The lowest BCUT2D eigenvalue weighted by Crippen LogP contribution is -2.41. The van der Waals surface area contributed by atoms with Crippen molar-refractivity contribution in [1.29, 1.82) is 0 Å². The molecular weight excluding hydrogens is 442 g/mol. The number of carbonyl (C=O) groups excluding carboxylic acids is 3. The van der Waals surface area contributed by atoms with Crippen molar-refractivity contribution >= 4 is 23.4 Å². The quantitative estimate of drug-likeness (QED) is 0.276. The first-order valence-electron chi connectivity index (χ1n) is 11.8. The van der Waals surface area contributed by atoms with Crippen molar-refractivity contribution in [3.05, 3.63) is 95.1 Å². The van der Waals surface area contributed by atoms with Crippen molar-refractivity contribution in [2.45, 2.75) is 39.5 Å². The monoisotopic (exact) mass is 473 g/mol. The summed E-state index contributed by atoms with van der Waals surface area (Å²) in [6.07, 6.45) is 4.29. The number of hydrazine groups is 1. The molecule has 3 rings (SSSR count). The number of amides is 3. The first-order valence-corrected chi connectivity index (χ1v) is 11.8. The van der Waals surface area contributed by atoms with Crippen LogP contribution in [0.25, 0.3) is 0 Å². The number of benzene rings is 3. The van der Waals surface area contributed by atoms with E-state index in [9.17, 15) is 14.4 Å². The number of aryl methyl sites for hydroxylation is 1. The maximum absolute atomic E-state index is 12.6. The fraction of sp³-hybridized carbons (Fsp3) is 0.250. The lowest BCUT2D eigenvalue weighted by atomic mass is 10.1. The van der Waals surface area contributed by atoms with Crippen LogP contribution in [0.15, 0.2) is 72.8 Å². The van der Waals surface area contributed by atoms with Gasteiger partial charge < -0.3 is 10.1 Å². The smallest absolute Gasteiger partial charge is 0.273 e. The molecule has 0 unspecified atom stereocenters. The van der Waals surface area contributed by atoms with Gasteiger partial charge in [0.1, 0.15) is 5.75 Å². The van der Waals surface area contributed by atoms with Crippen LogP contribution in [-0.2, 0) is 0 Å². The standard InChI is InChI=1S/C28H31N3O4/c1-3-4-5-10-19-35-25-14-9-8-13-24(25)28(34)31-30-26(32)21-15-17-22(18-16-21)29-27(33)23-12-7-6-11-20(23)2/h6-9,11-18H,3-5,10,19H2,1-2H3,(H,29,33)(H,30,32)(H,31,34). The Hall–Kier alpha value is -4.13. The van der Waals surface area contributed by atoms with Gasteiger partial charge in [0.15, 0.2) is 0 Å². The minimum atomic E-state index is -0.479. The summed E-state index contributed by atoms with van der Waals surface area (Å²) in [4.78, 5) is 37.6. The van der Waals surface area contributed by atoms with Crippen LogP contribution in [0.1, 0.15) is 69.2 Å². The Bertz CT molecular complexity index is 1160. The summed E-state index contributed by atoms with van der Waals surface area (Å²) in [5.41, 5.74) is 7.55. The third-order valence-electron chi connectivity index (χ3n) is 5.47. The molecule has 0 heterocycles. The Kier molecular flexibility index (Phi) is 9.42. The molecule has 0 bridgehead atoms. The van der Waals surface area contributed by atoms with Crippen LogP contribution in [0.5, 0.6) is 5.75 Å². The third-order valence-corrected chi connectivity index (χ3v) is 5.47. The van der Waals surface area contributed by atoms with Crippen LogP contribution in [0.2, 0.25) is 0 Å². The molecule has 0 atom stereocenters. The highest BCUT2D eigenvalue weighted by Crippen LogP contribution is 2.18. The summed E-state index contributed by atoms with van der Waals surface area (Å²) in [7, 11) is 0. The zero-order chi connectivity index (χ0) is 25.0. The number of para-hydroxylation sites is 1. The lowest BCUT2D eigenvalue weighted by Gasteiger charge is -2.12. The van der Waals surface area contributed by atoms with Gasteiger partial charge in [-0.3, -0.25) is 25.2 Å². The van der Waals surface area contributed by atoms with Crippen molar-refractivity contribution in [1.82, 2.24) is 10.9 Å². The molecule has 0 aliphatic heterocycles. The van der Waals surface area contributed by atoms with Gasteiger partial charge >= 0.3 is 0 Å². The predicted molar refractivity (Wildman–Crippen MR) is 137 cm³/mol. The van der Waals surface area contributed by atoms with Gasteiger partial charge in [-0.1, -0.05) is 56.5 Å². The summed E-state index contributed by atoms with van der Waals surface area (Å²) in [6.45, 7) is 4.55. The molecule has 0 aliphatic rings. The molecule has 0 fully saturated rings. The van der Waals surface area contributed by atoms with E-state index in [1.54, 1.807) is 54.6 Å². The van der Waals surface area contributed by atoms with Crippen molar-refractivity contribution in [2.24, 2.45) is 0 Å². The second-order valence-corrected chi connectivity index (χ2v) is 8.16. The topological polar surface area (TPSA) is 96.5 Å². The van der Waals surface area contributed by atoms with E-state index in [-0.39, 0.29) is 5.91 Å². The Morgan fingerprint density at radius 2 is 1.37 bits per heavy atom. The summed E-state index contributed by atoms with van der Waals surface area (Å²) < 4.78 is 5.77. The molecule has 0 spiro atoms. The normalized spacial score (nSPS) is 10.3. The van der Waals surface area contributed by atoms with Crippen molar-refractivity contribution in [3.63, 3.8) is 0 Å². The maximum atomic E-state index is 12.6. The van der Waals surface area contributed by atoms with Crippen molar-refractivity contribution in [3.8, 4) is 5.75 Å². The Balaban J connectivity index is 1.53. The highest BCUT2D eigenvalue weighted by atomic mass is 16.5. The van der Waals surface area contributed by atoms with Crippen molar-refractivity contribution in [2.75, 3.05) is 11.9 Å². The molecule has 3 aromatic rings. The van der Waals surface area contributed by atoms with E-state index < -0.39 is 11.8 Å². The van der Waals surface area contributed by atoms with Crippen molar-refractivity contribution < 1.29 is 19.1 Å². The van der Waals surface area contributed by atoms with Crippen LogP contribution in [0.3, 0.4) is 0 Å². The van der Waals surface area contributed by atoms with Crippen LogP contribution >= 0.6 is 0 Å².